The van der Waals surface area contributed by atoms with E-state index < -0.39 is 0 Å². The van der Waals surface area contributed by atoms with Crippen molar-refractivity contribution in [3.63, 3.8) is 0 Å². The highest BCUT2D eigenvalue weighted by molar-refractivity contribution is 5.84. The van der Waals surface area contributed by atoms with Crippen LogP contribution in [0.1, 0.15) is 13.8 Å². The zero-order valence-electron chi connectivity index (χ0n) is 17.9. The number of rotatable bonds is 7. The molecule has 0 spiro atoms. The van der Waals surface area contributed by atoms with E-state index in [0.717, 1.165) is 39.2 Å². The molecule has 5 rings (SSSR count). The Balaban J connectivity index is 1.42. The first-order chi connectivity index (χ1) is 15.5. The molecular weight excluding hydrogens is 404 g/mol. The Morgan fingerprint density at radius 1 is 1.16 bits per heavy atom. The standard InChI is InChI=1S/C24H24N6O2/c1-24(2,14-31)15-32-19-7-5-18(6-8-19)27-22-23-25-9-10-30(23)13-21(28-22)16-3-4-17-12-26-29-20(17)11-16/h3-13,31H,14-15H2,1-2H3,(H,26,29)(H,27,28). The quantitative estimate of drug-likeness (QED) is 0.355. The van der Waals surface area contributed by atoms with Crippen LogP contribution in [0.4, 0.5) is 11.5 Å². The van der Waals surface area contributed by atoms with Crippen LogP contribution in [-0.4, -0.2) is 42.9 Å². The lowest BCUT2D eigenvalue weighted by Gasteiger charge is -2.21. The third-order valence-corrected chi connectivity index (χ3v) is 5.29. The molecule has 8 heteroatoms. The van der Waals surface area contributed by atoms with Gasteiger partial charge in [0.05, 0.1) is 30.6 Å². The monoisotopic (exact) mass is 428 g/mol. The number of nitrogens with one attached hydrogen (secondary N) is 2. The molecule has 0 radical (unpaired) electrons. The van der Waals surface area contributed by atoms with E-state index in [1.54, 1.807) is 12.4 Å². The minimum atomic E-state index is -0.285. The average Bonchev–Trinajstić information content (AvgIpc) is 3.47. The molecule has 5 aromatic rings. The molecule has 0 bridgehead atoms. The number of hydrogen-bond acceptors (Lipinski definition) is 6. The maximum Gasteiger partial charge on any atom is 0.180 e. The molecule has 0 amide bonds. The van der Waals surface area contributed by atoms with Crippen LogP contribution in [-0.2, 0) is 0 Å². The summed E-state index contributed by atoms with van der Waals surface area (Å²) in [6, 6.07) is 13.8. The smallest absolute Gasteiger partial charge is 0.180 e. The molecule has 0 aliphatic heterocycles. The molecule has 32 heavy (non-hydrogen) atoms. The van der Waals surface area contributed by atoms with Gasteiger partial charge in [-0.2, -0.15) is 5.10 Å². The molecule has 0 unspecified atom stereocenters. The molecule has 0 aliphatic carbocycles. The molecule has 162 valence electrons. The van der Waals surface area contributed by atoms with Gasteiger partial charge in [0.15, 0.2) is 11.5 Å². The minimum Gasteiger partial charge on any atom is -0.493 e. The highest BCUT2D eigenvalue weighted by Crippen LogP contribution is 2.27. The number of fused-ring (bicyclic) bond motifs is 2. The molecule has 0 saturated heterocycles. The van der Waals surface area contributed by atoms with Crippen LogP contribution >= 0.6 is 0 Å². The summed E-state index contributed by atoms with van der Waals surface area (Å²) in [4.78, 5) is 9.29. The highest BCUT2D eigenvalue weighted by atomic mass is 16.5. The number of anilines is 2. The summed E-state index contributed by atoms with van der Waals surface area (Å²) >= 11 is 0. The number of aliphatic hydroxyl groups is 1. The number of aromatic amines is 1. The molecule has 0 saturated carbocycles. The maximum atomic E-state index is 9.39. The fourth-order valence-corrected chi connectivity index (χ4v) is 3.35. The van der Waals surface area contributed by atoms with Crippen molar-refractivity contribution in [3.8, 4) is 17.0 Å². The van der Waals surface area contributed by atoms with Gasteiger partial charge in [0.1, 0.15) is 5.75 Å². The van der Waals surface area contributed by atoms with E-state index in [-0.39, 0.29) is 12.0 Å². The van der Waals surface area contributed by atoms with Gasteiger partial charge in [-0.05, 0) is 30.3 Å². The van der Waals surface area contributed by atoms with Crippen LogP contribution in [0.3, 0.4) is 0 Å². The predicted molar refractivity (Wildman–Crippen MR) is 124 cm³/mol. The number of imidazole rings is 1. The highest BCUT2D eigenvalue weighted by Gasteiger charge is 2.17. The summed E-state index contributed by atoms with van der Waals surface area (Å²) in [6.45, 7) is 4.43. The number of hydrogen-bond donors (Lipinski definition) is 3. The maximum absolute atomic E-state index is 9.39. The number of aliphatic hydroxyl groups excluding tert-OH is 1. The lowest BCUT2D eigenvalue weighted by Crippen LogP contribution is -2.25. The lowest BCUT2D eigenvalue weighted by molar-refractivity contribution is 0.0976. The summed E-state index contributed by atoms with van der Waals surface area (Å²) in [5.41, 5.74) is 4.09. The van der Waals surface area contributed by atoms with Crippen molar-refractivity contribution < 1.29 is 9.84 Å². The summed E-state index contributed by atoms with van der Waals surface area (Å²) in [6.07, 6.45) is 7.42. The molecule has 3 heterocycles. The van der Waals surface area contributed by atoms with Crippen molar-refractivity contribution in [3.05, 3.63) is 67.3 Å². The topological polar surface area (TPSA) is 100 Å². The SMILES string of the molecule is CC(C)(CO)COc1ccc(Nc2nc(-c3ccc4cn[nH]c4c3)cn3ccnc23)cc1. The Labute approximate surface area is 184 Å². The van der Waals surface area contributed by atoms with E-state index in [2.05, 4.69) is 20.5 Å². The number of benzene rings is 2. The molecule has 3 N–H and O–H groups in total. The molecule has 0 atom stereocenters. The first kappa shape index (κ1) is 20.0. The molecule has 3 aromatic heterocycles. The first-order valence-electron chi connectivity index (χ1n) is 10.4. The second kappa shape index (κ2) is 7.97. The van der Waals surface area contributed by atoms with Gasteiger partial charge in [0.25, 0.3) is 0 Å². The van der Waals surface area contributed by atoms with Gasteiger partial charge in [0.2, 0.25) is 0 Å². The Hall–Kier alpha value is -3.91. The Morgan fingerprint density at radius 2 is 2.00 bits per heavy atom. The van der Waals surface area contributed by atoms with Crippen molar-refractivity contribution in [2.45, 2.75) is 13.8 Å². The molecule has 2 aromatic carbocycles. The van der Waals surface area contributed by atoms with Gasteiger partial charge in [0, 0.05) is 40.6 Å². The molecule has 0 aliphatic rings. The van der Waals surface area contributed by atoms with Gasteiger partial charge in [-0.15, -0.1) is 0 Å². The summed E-state index contributed by atoms with van der Waals surface area (Å²) < 4.78 is 7.76. The molecule has 0 fully saturated rings. The Morgan fingerprint density at radius 3 is 2.81 bits per heavy atom. The van der Waals surface area contributed by atoms with Crippen molar-refractivity contribution in [1.82, 2.24) is 24.6 Å². The van der Waals surface area contributed by atoms with Gasteiger partial charge >= 0.3 is 0 Å². The van der Waals surface area contributed by atoms with Crippen LogP contribution in [0, 0.1) is 5.41 Å². The molecule has 8 nitrogen and oxygen atoms in total. The third-order valence-electron chi connectivity index (χ3n) is 5.29. The Bertz CT molecular complexity index is 1370. The second-order valence-electron chi connectivity index (χ2n) is 8.57. The van der Waals surface area contributed by atoms with Crippen LogP contribution < -0.4 is 10.1 Å². The van der Waals surface area contributed by atoms with E-state index in [4.69, 9.17) is 9.72 Å². The number of ether oxygens (including phenoxy) is 1. The first-order valence-corrected chi connectivity index (χ1v) is 10.4. The number of nitrogens with zero attached hydrogens (tertiary/aromatic N) is 4. The minimum absolute atomic E-state index is 0.0717. The van der Waals surface area contributed by atoms with Gasteiger partial charge < -0.3 is 19.6 Å². The van der Waals surface area contributed by atoms with E-state index in [1.165, 1.54) is 0 Å². The van der Waals surface area contributed by atoms with Crippen LogP contribution in [0.25, 0.3) is 27.8 Å². The van der Waals surface area contributed by atoms with Gasteiger partial charge in [-0.3, -0.25) is 5.10 Å². The van der Waals surface area contributed by atoms with Crippen LogP contribution in [0.2, 0.25) is 0 Å². The number of aromatic nitrogens is 5. The number of H-pyrrole nitrogens is 1. The fourth-order valence-electron chi connectivity index (χ4n) is 3.35. The average molecular weight is 428 g/mol. The van der Waals surface area contributed by atoms with Gasteiger partial charge in [-0.25, -0.2) is 9.97 Å². The molecular formula is C24H24N6O2. The summed E-state index contributed by atoms with van der Waals surface area (Å²) in [5, 5.41) is 20.9. The second-order valence-corrected chi connectivity index (χ2v) is 8.57. The van der Waals surface area contributed by atoms with Crippen LogP contribution in [0.5, 0.6) is 5.75 Å². The van der Waals surface area contributed by atoms with Gasteiger partial charge in [-0.1, -0.05) is 26.0 Å². The zero-order valence-corrected chi connectivity index (χ0v) is 17.9. The normalized spacial score (nSPS) is 11.8. The van der Waals surface area contributed by atoms with Crippen molar-refractivity contribution in [1.29, 1.82) is 0 Å². The van der Waals surface area contributed by atoms with Crippen molar-refractivity contribution >= 4 is 28.1 Å². The van der Waals surface area contributed by atoms with E-state index in [0.29, 0.717) is 12.4 Å². The summed E-state index contributed by atoms with van der Waals surface area (Å²) in [5.74, 6) is 1.41. The lowest BCUT2D eigenvalue weighted by atomic mass is 9.97. The van der Waals surface area contributed by atoms with Crippen LogP contribution in [0.15, 0.2) is 67.3 Å². The van der Waals surface area contributed by atoms with E-state index >= 15 is 0 Å². The summed E-state index contributed by atoms with van der Waals surface area (Å²) in [7, 11) is 0. The van der Waals surface area contributed by atoms with E-state index in [9.17, 15) is 5.11 Å². The van der Waals surface area contributed by atoms with Crippen molar-refractivity contribution in [2.75, 3.05) is 18.5 Å². The third kappa shape index (κ3) is 4.00. The van der Waals surface area contributed by atoms with E-state index in [1.807, 2.05) is 73.1 Å². The largest absolute Gasteiger partial charge is 0.493 e. The zero-order chi connectivity index (χ0) is 22.1. The van der Waals surface area contributed by atoms with Crippen molar-refractivity contribution in [2.24, 2.45) is 5.41 Å². The fraction of sp³-hybridized carbons (Fsp3) is 0.208. The predicted octanol–water partition coefficient (Wildman–Crippen LogP) is 4.41. The Kier molecular flexibility index (Phi) is 4.99.